The molecule has 0 aliphatic heterocycles. The lowest BCUT2D eigenvalue weighted by Gasteiger charge is -2.24. The number of aliphatic hydroxyl groups is 2. The van der Waals surface area contributed by atoms with Gasteiger partial charge in [-0.3, -0.25) is 9.59 Å². The van der Waals surface area contributed by atoms with E-state index in [-0.39, 0.29) is 24.9 Å². The van der Waals surface area contributed by atoms with E-state index in [1.807, 2.05) is 0 Å². The molecular formula is C53H103NO5. The average molecular weight is 834 g/mol. The summed E-state index contributed by atoms with van der Waals surface area (Å²) in [5.74, 6) is -0.487. The van der Waals surface area contributed by atoms with Crippen molar-refractivity contribution in [2.45, 2.75) is 309 Å². The van der Waals surface area contributed by atoms with Crippen molar-refractivity contribution < 1.29 is 24.5 Å². The van der Waals surface area contributed by atoms with Gasteiger partial charge < -0.3 is 20.3 Å². The first-order valence-corrected chi connectivity index (χ1v) is 26.4. The second kappa shape index (κ2) is 47.6. The van der Waals surface area contributed by atoms with E-state index in [1.165, 1.54) is 186 Å². The minimum absolute atomic E-state index is 0.0634. The largest absolute Gasteiger partial charge is 0.462 e. The van der Waals surface area contributed by atoms with Gasteiger partial charge in [0.25, 0.3) is 0 Å². The Morgan fingerprint density at radius 2 is 0.831 bits per heavy atom. The number of rotatable bonds is 48. The van der Waals surface area contributed by atoms with Crippen LogP contribution in [0.4, 0.5) is 0 Å². The van der Waals surface area contributed by atoms with E-state index in [9.17, 15) is 19.8 Å². The molecule has 1 amide bonds. The molecule has 0 aliphatic carbocycles. The molecule has 0 saturated carbocycles. The third-order valence-electron chi connectivity index (χ3n) is 12.3. The zero-order valence-corrected chi connectivity index (χ0v) is 39.9. The molecule has 350 valence electrons. The minimum Gasteiger partial charge on any atom is -0.462 e. The first kappa shape index (κ1) is 57.6. The summed E-state index contributed by atoms with van der Waals surface area (Å²) in [7, 11) is 0. The van der Waals surface area contributed by atoms with E-state index >= 15 is 0 Å². The number of amides is 1. The molecule has 0 aromatic rings. The van der Waals surface area contributed by atoms with Crippen LogP contribution in [0.2, 0.25) is 0 Å². The van der Waals surface area contributed by atoms with Crippen molar-refractivity contribution in [2.24, 2.45) is 0 Å². The number of hydrogen-bond donors (Lipinski definition) is 3. The molecule has 3 unspecified atom stereocenters. The van der Waals surface area contributed by atoms with Gasteiger partial charge in [0.1, 0.15) is 6.10 Å². The highest BCUT2D eigenvalue weighted by atomic mass is 16.5. The van der Waals surface area contributed by atoms with Gasteiger partial charge in [-0.05, 0) is 44.9 Å². The quantitative estimate of drug-likeness (QED) is 0.0322. The Morgan fingerprint density at radius 1 is 0.475 bits per heavy atom. The third-order valence-corrected chi connectivity index (χ3v) is 12.3. The van der Waals surface area contributed by atoms with Crippen molar-refractivity contribution in [1.82, 2.24) is 5.32 Å². The molecule has 0 saturated heterocycles. The Labute approximate surface area is 368 Å². The van der Waals surface area contributed by atoms with E-state index in [4.69, 9.17) is 4.74 Å². The molecule has 59 heavy (non-hydrogen) atoms. The highest BCUT2D eigenvalue weighted by molar-refractivity contribution is 5.77. The number of esters is 1. The summed E-state index contributed by atoms with van der Waals surface area (Å²) in [6, 6.07) is -0.702. The Hall–Kier alpha value is -1.40. The molecule has 0 aliphatic rings. The second-order valence-corrected chi connectivity index (χ2v) is 18.3. The van der Waals surface area contributed by atoms with Crippen LogP contribution in [0.3, 0.4) is 0 Å². The van der Waals surface area contributed by atoms with Crippen LogP contribution in [0.15, 0.2) is 12.2 Å². The molecule has 0 spiro atoms. The van der Waals surface area contributed by atoms with E-state index in [0.29, 0.717) is 19.3 Å². The van der Waals surface area contributed by atoms with Crippen molar-refractivity contribution in [3.8, 4) is 0 Å². The Bertz CT molecular complexity index is 893. The lowest BCUT2D eigenvalue weighted by Crippen LogP contribution is -2.46. The van der Waals surface area contributed by atoms with Crippen molar-refractivity contribution in [1.29, 1.82) is 0 Å². The number of unbranched alkanes of at least 4 members (excludes halogenated alkanes) is 34. The number of allylic oxidation sites excluding steroid dienone is 2. The predicted octanol–water partition coefficient (Wildman–Crippen LogP) is 15.7. The molecule has 3 N–H and O–H groups in total. The van der Waals surface area contributed by atoms with Gasteiger partial charge in [-0.2, -0.15) is 0 Å². The molecule has 0 aromatic carbocycles. The monoisotopic (exact) mass is 834 g/mol. The second-order valence-electron chi connectivity index (χ2n) is 18.3. The van der Waals surface area contributed by atoms with Crippen LogP contribution >= 0.6 is 0 Å². The number of carbonyl (C=O) groups is 2. The molecule has 6 nitrogen and oxygen atoms in total. The van der Waals surface area contributed by atoms with Crippen molar-refractivity contribution in [2.75, 3.05) is 6.61 Å². The highest BCUT2D eigenvalue weighted by Crippen LogP contribution is 2.18. The van der Waals surface area contributed by atoms with Crippen LogP contribution in [0.5, 0.6) is 0 Å². The van der Waals surface area contributed by atoms with Crippen LogP contribution < -0.4 is 5.32 Å². The fourth-order valence-corrected chi connectivity index (χ4v) is 8.31. The number of aliphatic hydroxyl groups excluding tert-OH is 2. The standard InChI is InChI=1S/C53H103NO5/c1-4-7-10-13-16-19-22-23-24-25-26-27-28-29-31-34-37-40-43-46-53(58)59-49(44-41-38-35-32-30-20-17-14-11-8-5-2)47-52(57)54-50(48-55)51(56)45-42-39-36-33-21-18-15-12-9-6-3/h32,35,49-51,55-56H,4-31,33-34,36-48H2,1-3H3,(H,54,57)/b35-32-. The predicted molar refractivity (Wildman–Crippen MR) is 255 cm³/mol. The summed E-state index contributed by atoms with van der Waals surface area (Å²) in [6.07, 6.45) is 52.9. The van der Waals surface area contributed by atoms with Crippen LogP contribution in [0.1, 0.15) is 290 Å². The van der Waals surface area contributed by atoms with E-state index in [1.54, 1.807) is 0 Å². The Balaban J connectivity index is 4.44. The van der Waals surface area contributed by atoms with Crippen LogP contribution in [-0.2, 0) is 14.3 Å². The van der Waals surface area contributed by atoms with Crippen LogP contribution in [0.25, 0.3) is 0 Å². The normalized spacial score (nSPS) is 13.2. The maximum Gasteiger partial charge on any atom is 0.306 e. The summed E-state index contributed by atoms with van der Waals surface area (Å²) in [5, 5.41) is 23.7. The molecule has 0 bridgehead atoms. The summed E-state index contributed by atoms with van der Waals surface area (Å²) in [4.78, 5) is 26.1. The first-order chi connectivity index (χ1) is 29.0. The van der Waals surface area contributed by atoms with E-state index < -0.39 is 18.2 Å². The zero-order chi connectivity index (χ0) is 43.1. The molecule has 3 atom stereocenters. The summed E-state index contributed by atoms with van der Waals surface area (Å²) in [6.45, 7) is 6.48. The molecule has 0 aromatic heterocycles. The van der Waals surface area contributed by atoms with Gasteiger partial charge in [0.2, 0.25) is 5.91 Å². The maximum absolute atomic E-state index is 13.2. The van der Waals surface area contributed by atoms with E-state index in [2.05, 4.69) is 38.2 Å². The fourth-order valence-electron chi connectivity index (χ4n) is 8.31. The fraction of sp³-hybridized carbons (Fsp3) is 0.925. The van der Waals surface area contributed by atoms with Gasteiger partial charge in [-0.25, -0.2) is 0 Å². The highest BCUT2D eigenvalue weighted by Gasteiger charge is 2.24. The number of nitrogens with one attached hydrogen (secondary N) is 1. The number of hydrogen-bond acceptors (Lipinski definition) is 5. The lowest BCUT2D eigenvalue weighted by molar-refractivity contribution is -0.151. The summed E-state index contributed by atoms with van der Waals surface area (Å²) < 4.78 is 5.92. The van der Waals surface area contributed by atoms with Gasteiger partial charge >= 0.3 is 5.97 Å². The molecule has 0 heterocycles. The van der Waals surface area contributed by atoms with Gasteiger partial charge in [0, 0.05) is 6.42 Å². The smallest absolute Gasteiger partial charge is 0.306 e. The van der Waals surface area contributed by atoms with Gasteiger partial charge in [0.05, 0.1) is 25.2 Å². The van der Waals surface area contributed by atoms with Crippen molar-refractivity contribution >= 4 is 11.9 Å². The molecule has 6 heteroatoms. The van der Waals surface area contributed by atoms with Crippen LogP contribution in [-0.4, -0.2) is 46.9 Å². The zero-order valence-electron chi connectivity index (χ0n) is 39.9. The molecule has 0 fully saturated rings. The number of carbonyl (C=O) groups excluding carboxylic acids is 2. The van der Waals surface area contributed by atoms with Gasteiger partial charge in [-0.15, -0.1) is 0 Å². The Kier molecular flexibility index (Phi) is 46.5. The van der Waals surface area contributed by atoms with Crippen LogP contribution in [0, 0.1) is 0 Å². The Morgan fingerprint density at radius 3 is 1.24 bits per heavy atom. The lowest BCUT2D eigenvalue weighted by atomic mass is 10.0. The summed E-state index contributed by atoms with van der Waals surface area (Å²) in [5.41, 5.74) is 0. The molecule has 0 rings (SSSR count). The van der Waals surface area contributed by atoms with Crippen molar-refractivity contribution in [3.63, 3.8) is 0 Å². The van der Waals surface area contributed by atoms with Gasteiger partial charge in [0.15, 0.2) is 0 Å². The van der Waals surface area contributed by atoms with Crippen molar-refractivity contribution in [3.05, 3.63) is 12.2 Å². The van der Waals surface area contributed by atoms with Gasteiger partial charge in [-0.1, -0.05) is 245 Å². The minimum atomic E-state index is -0.787. The molecular weight excluding hydrogens is 731 g/mol. The van der Waals surface area contributed by atoms with E-state index in [0.717, 1.165) is 57.8 Å². The SMILES string of the molecule is CCCCCCCC/C=C\CCCC(CC(=O)NC(CO)C(O)CCCCCCCCCCCC)OC(=O)CCCCCCCCCCCCCCCCCCCCC. The average Bonchev–Trinajstić information content (AvgIpc) is 3.23. The third kappa shape index (κ3) is 43.1. The first-order valence-electron chi connectivity index (χ1n) is 26.4. The summed E-state index contributed by atoms with van der Waals surface area (Å²) >= 11 is 0. The maximum atomic E-state index is 13.2. The topological polar surface area (TPSA) is 95.9 Å². The number of ether oxygens (including phenoxy) is 1. The molecule has 0 radical (unpaired) electrons.